The second-order valence-corrected chi connectivity index (χ2v) is 16.2. The highest BCUT2D eigenvalue weighted by Crippen LogP contribution is 2.13. The predicted molar refractivity (Wildman–Crippen MR) is 146 cm³/mol. The molecule has 0 aliphatic heterocycles. The lowest BCUT2D eigenvalue weighted by molar-refractivity contribution is 0.0331. The first-order valence-electron chi connectivity index (χ1n) is 12.6. The van der Waals surface area contributed by atoms with Crippen LogP contribution in [-0.4, -0.2) is 84.5 Å². The molecule has 1 unspecified atom stereocenters. The van der Waals surface area contributed by atoms with Crippen LogP contribution in [0.15, 0.2) is 60.7 Å². The molecule has 2 aromatic rings. The molecule has 9 nitrogen and oxygen atoms in total. The van der Waals surface area contributed by atoms with Crippen LogP contribution in [0.3, 0.4) is 0 Å². The van der Waals surface area contributed by atoms with E-state index in [1.54, 1.807) is 0 Å². The molecular formula is C27H41N3O6Si. The van der Waals surface area contributed by atoms with Gasteiger partial charge in [0.25, 0.3) is 0 Å². The largest absolute Gasteiger partial charge is 0.465 e. The molecule has 0 aliphatic carbocycles. The average molecular weight is 532 g/mol. The molecular weight excluding hydrogens is 490 g/mol. The Labute approximate surface area is 220 Å². The van der Waals surface area contributed by atoms with Crippen molar-refractivity contribution in [2.75, 3.05) is 19.7 Å². The van der Waals surface area contributed by atoms with Gasteiger partial charge in [0.1, 0.15) is 0 Å². The van der Waals surface area contributed by atoms with Gasteiger partial charge in [-0.1, -0.05) is 80.3 Å². The number of hydrogen-bond acceptors (Lipinski definition) is 6. The first-order valence-corrected chi connectivity index (χ1v) is 16.3. The van der Waals surface area contributed by atoms with E-state index in [2.05, 4.69) is 25.0 Å². The van der Waals surface area contributed by atoms with Gasteiger partial charge in [0.2, 0.25) is 0 Å². The number of nitrogens with zero attached hydrogens (tertiary/aromatic N) is 1. The lowest BCUT2D eigenvalue weighted by Gasteiger charge is -2.32. The maximum absolute atomic E-state index is 13.0. The summed E-state index contributed by atoms with van der Waals surface area (Å²) in [4.78, 5) is 25.6. The van der Waals surface area contributed by atoms with E-state index in [1.807, 2.05) is 60.7 Å². The number of amides is 2. The summed E-state index contributed by atoms with van der Waals surface area (Å²) in [5.41, 5.74) is 8.02. The molecule has 204 valence electrons. The summed E-state index contributed by atoms with van der Waals surface area (Å²) in [5.74, 6) is 0. The highest BCUT2D eigenvalue weighted by molar-refractivity contribution is 6.76. The van der Waals surface area contributed by atoms with E-state index in [-0.39, 0.29) is 26.1 Å². The smallest absolute Gasteiger partial charge is 0.409 e. The zero-order valence-corrected chi connectivity index (χ0v) is 22.9. The molecule has 0 spiro atoms. The monoisotopic (exact) mass is 531 g/mol. The summed E-state index contributed by atoms with van der Waals surface area (Å²) in [6, 6.07) is 17.9. The third kappa shape index (κ3) is 11.8. The Bertz CT molecular complexity index is 958. The first kappa shape index (κ1) is 30.3. The summed E-state index contributed by atoms with van der Waals surface area (Å²) in [6.07, 6.45) is -3.68. The fraction of sp³-hybridized carbons (Fsp3) is 0.481. The topological polar surface area (TPSA) is 145 Å². The number of aliphatic hydroxyl groups excluding tert-OH is 2. The number of carbonyl (C=O) groups excluding carboxylic acids is 1. The average Bonchev–Trinajstić information content (AvgIpc) is 2.83. The van der Waals surface area contributed by atoms with Crippen LogP contribution in [0.5, 0.6) is 0 Å². The fourth-order valence-electron chi connectivity index (χ4n) is 3.81. The molecule has 4 atom stereocenters. The van der Waals surface area contributed by atoms with Crippen molar-refractivity contribution in [3.05, 3.63) is 71.8 Å². The number of carboxylic acid groups (broad SMARTS) is 1. The third-order valence-corrected chi connectivity index (χ3v) is 7.74. The molecule has 10 heteroatoms. The molecule has 2 amide bonds. The number of carbonyl (C=O) groups is 2. The van der Waals surface area contributed by atoms with Gasteiger partial charge in [0.05, 0.1) is 37.9 Å². The van der Waals surface area contributed by atoms with E-state index in [0.29, 0.717) is 6.42 Å². The standard InChI is InChI=1S/C27H41N3O6Si/c1-37(2,3)15-14-36-27(35)30(18-24(31)22(28)16-20-10-6-4-7-11-20)19-25(32)23(29-26(33)34)17-21-12-8-5-9-13-21/h4-13,22-25,29,31-32H,14-19,28H2,1-3H3,(H,33,34)/t22-,23-,24?,25+/m0/s1. The molecule has 0 saturated carbocycles. The Hall–Kier alpha value is -2.92. The molecule has 37 heavy (non-hydrogen) atoms. The Kier molecular flexibility index (Phi) is 12.1. The predicted octanol–water partition coefficient (Wildman–Crippen LogP) is 2.93. The molecule has 2 rings (SSSR count). The molecule has 0 bridgehead atoms. The Morgan fingerprint density at radius 3 is 1.95 bits per heavy atom. The van der Waals surface area contributed by atoms with Gasteiger partial charge in [-0.3, -0.25) is 0 Å². The van der Waals surface area contributed by atoms with Crippen molar-refractivity contribution in [1.29, 1.82) is 0 Å². The minimum atomic E-state index is -1.45. The van der Waals surface area contributed by atoms with Crippen LogP contribution in [0.2, 0.25) is 25.7 Å². The minimum Gasteiger partial charge on any atom is -0.465 e. The molecule has 0 fully saturated rings. The zero-order valence-electron chi connectivity index (χ0n) is 21.9. The van der Waals surface area contributed by atoms with Gasteiger partial charge in [0.15, 0.2) is 0 Å². The lowest BCUT2D eigenvalue weighted by atomic mass is 10.00. The minimum absolute atomic E-state index is 0.165. The number of benzene rings is 2. The van der Waals surface area contributed by atoms with Gasteiger partial charge >= 0.3 is 12.2 Å². The molecule has 0 aromatic heterocycles. The van der Waals surface area contributed by atoms with E-state index in [9.17, 15) is 24.9 Å². The second kappa shape index (κ2) is 14.7. The normalized spacial score (nSPS) is 14.8. The van der Waals surface area contributed by atoms with E-state index in [1.165, 1.54) is 4.90 Å². The van der Waals surface area contributed by atoms with Crippen molar-refractivity contribution < 1.29 is 29.6 Å². The van der Waals surface area contributed by atoms with Gasteiger partial charge in [-0.25, -0.2) is 9.59 Å². The van der Waals surface area contributed by atoms with Crippen LogP contribution in [-0.2, 0) is 17.6 Å². The third-order valence-electron chi connectivity index (χ3n) is 6.03. The summed E-state index contributed by atoms with van der Waals surface area (Å²) in [6.45, 7) is 6.33. The van der Waals surface area contributed by atoms with Gasteiger partial charge in [-0.15, -0.1) is 0 Å². The van der Waals surface area contributed by atoms with Gasteiger partial charge in [-0.05, 0) is 30.0 Å². The number of aliphatic hydroxyl groups is 2. The van der Waals surface area contributed by atoms with Gasteiger partial charge in [-0.2, -0.15) is 0 Å². The summed E-state index contributed by atoms with van der Waals surface area (Å²) in [5, 5.41) is 33.5. The number of rotatable bonds is 14. The van der Waals surface area contributed by atoms with Gasteiger partial charge in [0, 0.05) is 14.1 Å². The molecule has 0 radical (unpaired) electrons. The zero-order chi connectivity index (χ0) is 27.4. The van der Waals surface area contributed by atoms with Crippen molar-refractivity contribution in [1.82, 2.24) is 10.2 Å². The van der Waals surface area contributed by atoms with Gasteiger partial charge < -0.3 is 36.0 Å². The first-order chi connectivity index (χ1) is 17.4. The van der Waals surface area contributed by atoms with Crippen LogP contribution in [0.4, 0.5) is 9.59 Å². The summed E-state index contributed by atoms with van der Waals surface area (Å²) >= 11 is 0. The van der Waals surface area contributed by atoms with Crippen molar-refractivity contribution in [3.63, 3.8) is 0 Å². The summed E-state index contributed by atoms with van der Waals surface area (Å²) in [7, 11) is -1.45. The summed E-state index contributed by atoms with van der Waals surface area (Å²) < 4.78 is 5.48. The van der Waals surface area contributed by atoms with Crippen LogP contribution >= 0.6 is 0 Å². The van der Waals surface area contributed by atoms with Crippen LogP contribution in [0.1, 0.15) is 11.1 Å². The molecule has 0 saturated heterocycles. The highest BCUT2D eigenvalue weighted by Gasteiger charge is 2.30. The number of ether oxygens (including phenoxy) is 1. The van der Waals surface area contributed by atoms with E-state index < -0.39 is 44.6 Å². The molecule has 0 heterocycles. The second-order valence-electron chi connectivity index (χ2n) is 10.6. The fourth-order valence-corrected chi connectivity index (χ4v) is 4.52. The van der Waals surface area contributed by atoms with Crippen molar-refractivity contribution in [2.24, 2.45) is 5.73 Å². The number of hydrogen-bond donors (Lipinski definition) is 5. The number of nitrogens with two attached hydrogens (primary N) is 1. The number of nitrogens with one attached hydrogen (secondary N) is 1. The Morgan fingerprint density at radius 2 is 1.43 bits per heavy atom. The highest BCUT2D eigenvalue weighted by atomic mass is 28.3. The van der Waals surface area contributed by atoms with E-state index in [4.69, 9.17) is 10.5 Å². The SMILES string of the molecule is C[Si](C)(C)CCOC(=O)N(CC(O)[C@@H](N)Cc1ccccc1)C[C@@H](O)[C@H](Cc1ccccc1)NC(=O)O. The Balaban J connectivity index is 2.14. The maximum Gasteiger partial charge on any atom is 0.409 e. The lowest BCUT2D eigenvalue weighted by Crippen LogP contribution is -2.53. The quantitative estimate of drug-likeness (QED) is 0.236. The Morgan fingerprint density at radius 1 is 0.919 bits per heavy atom. The van der Waals surface area contributed by atoms with Crippen LogP contribution in [0, 0.1) is 0 Å². The van der Waals surface area contributed by atoms with Crippen molar-refractivity contribution in [3.8, 4) is 0 Å². The van der Waals surface area contributed by atoms with Crippen LogP contribution < -0.4 is 11.1 Å². The van der Waals surface area contributed by atoms with Crippen molar-refractivity contribution >= 4 is 20.3 Å². The van der Waals surface area contributed by atoms with Crippen molar-refractivity contribution in [2.45, 2.75) is 62.8 Å². The molecule has 0 aliphatic rings. The molecule has 6 N–H and O–H groups in total. The molecule has 2 aromatic carbocycles. The van der Waals surface area contributed by atoms with Crippen LogP contribution in [0.25, 0.3) is 0 Å². The maximum atomic E-state index is 13.0. The van der Waals surface area contributed by atoms with E-state index >= 15 is 0 Å². The van der Waals surface area contributed by atoms with E-state index in [0.717, 1.165) is 17.2 Å².